The highest BCUT2D eigenvalue weighted by Gasteiger charge is 2.57. The molecule has 62 valence electrons. The predicted octanol–water partition coefficient (Wildman–Crippen LogP) is 1.01. The van der Waals surface area contributed by atoms with Gasteiger partial charge in [0.05, 0.1) is 0 Å². The fraction of sp³-hybridized carbons (Fsp3) is 0.889. The molecule has 0 aromatic rings. The minimum absolute atomic E-state index is 0.0859. The number of hydrogen-bond donors (Lipinski definition) is 1. The van der Waals surface area contributed by atoms with Crippen molar-refractivity contribution in [3.63, 3.8) is 0 Å². The SMILES string of the molecule is C[C@@H]1C2C[C@H]2[C@@H](C)C1C(N)=O. The summed E-state index contributed by atoms with van der Waals surface area (Å²) in [6.07, 6.45) is 1.34. The van der Waals surface area contributed by atoms with Gasteiger partial charge in [-0.15, -0.1) is 0 Å². The van der Waals surface area contributed by atoms with Crippen LogP contribution in [0, 0.1) is 29.6 Å². The first-order valence-electron chi connectivity index (χ1n) is 4.42. The van der Waals surface area contributed by atoms with E-state index in [1.54, 1.807) is 0 Å². The predicted molar refractivity (Wildman–Crippen MR) is 42.6 cm³/mol. The normalized spacial score (nSPS) is 53.8. The third-order valence-corrected chi connectivity index (χ3v) is 3.70. The van der Waals surface area contributed by atoms with Crippen LogP contribution in [0.2, 0.25) is 0 Å². The molecule has 0 heterocycles. The summed E-state index contributed by atoms with van der Waals surface area (Å²) in [5, 5.41) is 0. The molecular weight excluding hydrogens is 138 g/mol. The molecule has 0 bridgehead atoms. The molecule has 0 saturated heterocycles. The van der Waals surface area contributed by atoms with Gasteiger partial charge in [-0.25, -0.2) is 0 Å². The van der Waals surface area contributed by atoms with Crippen LogP contribution in [0.15, 0.2) is 0 Å². The van der Waals surface area contributed by atoms with Crippen molar-refractivity contribution in [2.24, 2.45) is 35.3 Å². The fourth-order valence-electron chi connectivity index (χ4n) is 2.97. The highest BCUT2D eigenvalue weighted by Crippen LogP contribution is 2.60. The fourth-order valence-corrected chi connectivity index (χ4v) is 2.97. The Morgan fingerprint density at radius 1 is 1.27 bits per heavy atom. The molecule has 1 amide bonds. The van der Waals surface area contributed by atoms with Gasteiger partial charge in [-0.2, -0.15) is 0 Å². The lowest BCUT2D eigenvalue weighted by atomic mass is 9.86. The van der Waals surface area contributed by atoms with Crippen LogP contribution in [0.3, 0.4) is 0 Å². The van der Waals surface area contributed by atoms with Gasteiger partial charge in [0.25, 0.3) is 0 Å². The van der Waals surface area contributed by atoms with Gasteiger partial charge in [0.1, 0.15) is 0 Å². The lowest BCUT2D eigenvalue weighted by molar-refractivity contribution is -0.124. The van der Waals surface area contributed by atoms with E-state index in [9.17, 15) is 4.79 Å². The number of amides is 1. The van der Waals surface area contributed by atoms with Gasteiger partial charge in [0, 0.05) is 5.92 Å². The number of fused-ring (bicyclic) bond motifs is 1. The number of rotatable bonds is 1. The van der Waals surface area contributed by atoms with E-state index < -0.39 is 0 Å². The minimum Gasteiger partial charge on any atom is -0.369 e. The van der Waals surface area contributed by atoms with Crippen molar-refractivity contribution in [1.82, 2.24) is 0 Å². The van der Waals surface area contributed by atoms with E-state index in [-0.39, 0.29) is 11.8 Å². The molecule has 0 radical (unpaired) electrons. The van der Waals surface area contributed by atoms with Gasteiger partial charge in [0.2, 0.25) is 5.91 Å². The Morgan fingerprint density at radius 3 is 2.00 bits per heavy atom. The zero-order valence-corrected chi connectivity index (χ0v) is 7.08. The molecule has 0 aromatic carbocycles. The summed E-state index contributed by atoms with van der Waals surface area (Å²) in [6, 6.07) is 0. The Morgan fingerprint density at radius 2 is 1.73 bits per heavy atom. The molecule has 5 atom stereocenters. The Kier molecular flexibility index (Phi) is 1.29. The van der Waals surface area contributed by atoms with Crippen LogP contribution in [0.4, 0.5) is 0 Å². The molecule has 2 rings (SSSR count). The van der Waals surface area contributed by atoms with Gasteiger partial charge in [0.15, 0.2) is 0 Å². The molecule has 2 N–H and O–H groups in total. The Bertz CT molecular complexity index is 188. The molecule has 2 saturated carbocycles. The van der Waals surface area contributed by atoms with Gasteiger partial charge in [-0.1, -0.05) is 13.8 Å². The summed E-state index contributed by atoms with van der Waals surface area (Å²) in [5.41, 5.74) is 5.32. The van der Waals surface area contributed by atoms with Crippen LogP contribution in [0.5, 0.6) is 0 Å². The number of carbonyl (C=O) groups excluding carboxylic acids is 1. The molecule has 2 aliphatic rings. The average molecular weight is 153 g/mol. The van der Waals surface area contributed by atoms with Crippen LogP contribution >= 0.6 is 0 Å². The zero-order chi connectivity index (χ0) is 8.17. The number of hydrogen-bond acceptors (Lipinski definition) is 1. The van der Waals surface area contributed by atoms with E-state index in [4.69, 9.17) is 5.73 Å². The van der Waals surface area contributed by atoms with Crippen molar-refractivity contribution in [3.8, 4) is 0 Å². The van der Waals surface area contributed by atoms with Crippen molar-refractivity contribution in [3.05, 3.63) is 0 Å². The highest BCUT2D eigenvalue weighted by atomic mass is 16.1. The maximum Gasteiger partial charge on any atom is 0.221 e. The zero-order valence-electron chi connectivity index (χ0n) is 7.08. The van der Waals surface area contributed by atoms with E-state index in [2.05, 4.69) is 13.8 Å². The molecule has 0 aromatic heterocycles. The summed E-state index contributed by atoms with van der Waals surface area (Å²) in [4.78, 5) is 11.0. The summed E-state index contributed by atoms with van der Waals surface area (Å²) >= 11 is 0. The summed E-state index contributed by atoms with van der Waals surface area (Å²) in [6.45, 7) is 4.34. The van der Waals surface area contributed by atoms with Gasteiger partial charge in [-0.05, 0) is 30.1 Å². The molecule has 0 spiro atoms. The molecule has 2 unspecified atom stereocenters. The van der Waals surface area contributed by atoms with Crippen LogP contribution < -0.4 is 5.73 Å². The van der Waals surface area contributed by atoms with Crippen LogP contribution in [-0.2, 0) is 4.79 Å². The van der Waals surface area contributed by atoms with E-state index in [0.29, 0.717) is 11.8 Å². The van der Waals surface area contributed by atoms with Crippen molar-refractivity contribution in [2.75, 3.05) is 0 Å². The van der Waals surface area contributed by atoms with Gasteiger partial charge >= 0.3 is 0 Å². The first kappa shape index (κ1) is 7.14. The van der Waals surface area contributed by atoms with Crippen LogP contribution in [0.25, 0.3) is 0 Å². The number of carbonyl (C=O) groups is 1. The molecular formula is C9H15NO. The lowest BCUT2D eigenvalue weighted by Gasteiger charge is -2.19. The largest absolute Gasteiger partial charge is 0.369 e. The highest BCUT2D eigenvalue weighted by molar-refractivity contribution is 5.78. The molecule has 2 nitrogen and oxygen atoms in total. The van der Waals surface area contributed by atoms with Crippen molar-refractivity contribution >= 4 is 5.91 Å². The molecule has 0 aliphatic heterocycles. The third kappa shape index (κ3) is 0.815. The van der Waals surface area contributed by atoms with Crippen molar-refractivity contribution in [1.29, 1.82) is 0 Å². The summed E-state index contributed by atoms with van der Waals surface area (Å²) in [5.74, 6) is 2.82. The maximum atomic E-state index is 11.0. The number of nitrogens with two attached hydrogens (primary N) is 1. The van der Waals surface area contributed by atoms with E-state index >= 15 is 0 Å². The van der Waals surface area contributed by atoms with Crippen molar-refractivity contribution < 1.29 is 4.79 Å². The van der Waals surface area contributed by atoms with Crippen LogP contribution in [0.1, 0.15) is 20.3 Å². The first-order valence-corrected chi connectivity index (χ1v) is 4.42. The van der Waals surface area contributed by atoms with E-state index in [1.165, 1.54) is 6.42 Å². The van der Waals surface area contributed by atoms with Gasteiger partial charge in [-0.3, -0.25) is 4.79 Å². The second-order valence-corrected chi connectivity index (χ2v) is 4.21. The maximum absolute atomic E-state index is 11.0. The lowest BCUT2D eigenvalue weighted by Crippen LogP contribution is -2.31. The smallest absolute Gasteiger partial charge is 0.221 e. The monoisotopic (exact) mass is 153 g/mol. The Balaban J connectivity index is 2.16. The summed E-state index contributed by atoms with van der Waals surface area (Å²) in [7, 11) is 0. The third-order valence-electron chi connectivity index (χ3n) is 3.70. The molecule has 2 aliphatic carbocycles. The average Bonchev–Trinajstić information content (AvgIpc) is 2.59. The van der Waals surface area contributed by atoms with Crippen molar-refractivity contribution in [2.45, 2.75) is 20.3 Å². The summed E-state index contributed by atoms with van der Waals surface area (Å²) < 4.78 is 0. The Hall–Kier alpha value is -0.530. The molecule has 2 heteroatoms. The standard InChI is InChI=1S/C9H15NO/c1-4-6-3-7(6)5(2)8(4)9(10)11/h4-8H,3H2,1-2H3,(H2,10,11)/t4-,5-,6+,7?,8?/m1/s1. The Labute approximate surface area is 67.1 Å². The molecule has 2 fully saturated rings. The van der Waals surface area contributed by atoms with E-state index in [1.807, 2.05) is 0 Å². The first-order chi connectivity index (χ1) is 5.13. The topological polar surface area (TPSA) is 43.1 Å². The second-order valence-electron chi connectivity index (χ2n) is 4.21. The second kappa shape index (κ2) is 1.99. The quantitative estimate of drug-likeness (QED) is 0.600. The molecule has 11 heavy (non-hydrogen) atoms. The minimum atomic E-state index is -0.0859. The van der Waals surface area contributed by atoms with E-state index in [0.717, 1.165) is 11.8 Å². The van der Waals surface area contributed by atoms with Crippen LogP contribution in [-0.4, -0.2) is 5.91 Å². The van der Waals surface area contributed by atoms with Gasteiger partial charge < -0.3 is 5.73 Å². The number of primary amides is 1.